The lowest BCUT2D eigenvalue weighted by Gasteiger charge is -2.19. The van der Waals surface area contributed by atoms with Crippen LogP contribution in [0.4, 0.5) is 15.3 Å². The van der Waals surface area contributed by atoms with Gasteiger partial charge in [0.05, 0.1) is 18.5 Å². The van der Waals surface area contributed by atoms with Gasteiger partial charge in [-0.1, -0.05) is 24.3 Å². The number of carbonyl (C=O) groups is 3. The average Bonchev–Trinajstić information content (AvgIpc) is 2.84. The Morgan fingerprint density at radius 2 is 2.04 bits per heavy atom. The maximum absolute atomic E-state index is 12.8. The maximum atomic E-state index is 12.8. The zero-order valence-electron chi connectivity index (χ0n) is 13.4. The number of ether oxygens (including phenoxy) is 1. The van der Waals surface area contributed by atoms with Gasteiger partial charge in [0.25, 0.3) is 5.91 Å². The van der Waals surface area contributed by atoms with Crippen molar-refractivity contribution < 1.29 is 19.1 Å². The quantitative estimate of drug-likeness (QED) is 0.385. The molecule has 1 unspecified atom stereocenters. The predicted molar refractivity (Wildman–Crippen MR) is 88.7 cm³/mol. The van der Waals surface area contributed by atoms with Gasteiger partial charge in [0.1, 0.15) is 0 Å². The Morgan fingerprint density at radius 1 is 1.38 bits per heavy atom. The number of para-hydroxylation sites is 1. The number of amides is 4. The standard InChI is InChI=1S/C16H18N4O4/c1-4-10-19-13(11(2)17-18-15(22)24-3)14(21)20(16(19)23)12-8-6-5-7-9-12/h4-9,13H,1,10H2,2-3H3,(H,18,22)/b17-11+. The summed E-state index contributed by atoms with van der Waals surface area (Å²) in [6.45, 7) is 5.33. The molecule has 1 aromatic rings. The Balaban J connectivity index is 2.35. The Morgan fingerprint density at radius 3 is 2.62 bits per heavy atom. The highest BCUT2D eigenvalue weighted by atomic mass is 16.5. The van der Waals surface area contributed by atoms with Crippen LogP contribution in [-0.4, -0.2) is 48.3 Å². The number of hydrazone groups is 1. The molecule has 0 aromatic heterocycles. The lowest BCUT2D eigenvalue weighted by molar-refractivity contribution is -0.118. The second-order valence-electron chi connectivity index (χ2n) is 4.99. The van der Waals surface area contributed by atoms with E-state index in [1.54, 1.807) is 37.3 Å². The molecule has 1 aliphatic rings. The van der Waals surface area contributed by atoms with E-state index in [1.165, 1.54) is 18.1 Å². The van der Waals surface area contributed by atoms with Crippen molar-refractivity contribution in [3.8, 4) is 0 Å². The smallest absolute Gasteiger partial charge is 0.427 e. The number of anilines is 1. The highest BCUT2D eigenvalue weighted by Crippen LogP contribution is 2.25. The second-order valence-corrected chi connectivity index (χ2v) is 4.99. The van der Waals surface area contributed by atoms with Crippen LogP contribution in [0.15, 0.2) is 48.1 Å². The first-order valence-electron chi connectivity index (χ1n) is 7.20. The maximum Gasteiger partial charge on any atom is 0.427 e. The second kappa shape index (κ2) is 7.40. The van der Waals surface area contributed by atoms with Crippen molar-refractivity contribution >= 4 is 29.4 Å². The number of rotatable bonds is 5. The van der Waals surface area contributed by atoms with Crippen LogP contribution in [0.1, 0.15) is 6.92 Å². The van der Waals surface area contributed by atoms with E-state index >= 15 is 0 Å². The summed E-state index contributed by atoms with van der Waals surface area (Å²) in [6, 6.07) is 7.21. The average molecular weight is 330 g/mol. The van der Waals surface area contributed by atoms with Crippen molar-refractivity contribution in [1.82, 2.24) is 10.3 Å². The largest absolute Gasteiger partial charge is 0.452 e. The Kier molecular flexibility index (Phi) is 5.31. The highest BCUT2D eigenvalue weighted by molar-refractivity contribution is 6.28. The first-order valence-corrected chi connectivity index (χ1v) is 7.20. The molecular weight excluding hydrogens is 312 g/mol. The summed E-state index contributed by atoms with van der Waals surface area (Å²) in [7, 11) is 1.20. The number of hydrogen-bond donors (Lipinski definition) is 1. The third-order valence-corrected chi connectivity index (χ3v) is 3.45. The van der Waals surface area contributed by atoms with Gasteiger partial charge in [-0.15, -0.1) is 6.58 Å². The topological polar surface area (TPSA) is 91.3 Å². The van der Waals surface area contributed by atoms with E-state index in [-0.39, 0.29) is 12.3 Å². The number of nitrogens with one attached hydrogen (secondary N) is 1. The van der Waals surface area contributed by atoms with E-state index in [0.717, 1.165) is 4.90 Å². The summed E-state index contributed by atoms with van der Waals surface area (Å²) in [5.74, 6) is -0.444. The van der Waals surface area contributed by atoms with Crippen LogP contribution in [0.3, 0.4) is 0 Å². The normalized spacial score (nSPS) is 17.9. The molecule has 4 amide bonds. The summed E-state index contributed by atoms with van der Waals surface area (Å²) < 4.78 is 4.43. The van der Waals surface area contributed by atoms with Crippen molar-refractivity contribution in [1.29, 1.82) is 0 Å². The number of benzene rings is 1. The zero-order chi connectivity index (χ0) is 17.7. The highest BCUT2D eigenvalue weighted by Gasteiger charge is 2.46. The number of imide groups is 1. The molecule has 1 saturated heterocycles. The molecule has 24 heavy (non-hydrogen) atoms. The minimum Gasteiger partial charge on any atom is -0.452 e. The molecule has 1 atom stereocenters. The van der Waals surface area contributed by atoms with Crippen LogP contribution in [-0.2, 0) is 9.53 Å². The van der Waals surface area contributed by atoms with Gasteiger partial charge >= 0.3 is 12.1 Å². The minimum absolute atomic E-state index is 0.170. The summed E-state index contributed by atoms with van der Waals surface area (Å²) >= 11 is 0. The van der Waals surface area contributed by atoms with E-state index < -0.39 is 24.1 Å². The van der Waals surface area contributed by atoms with Crippen molar-refractivity contribution in [2.45, 2.75) is 13.0 Å². The van der Waals surface area contributed by atoms with Crippen LogP contribution in [0.2, 0.25) is 0 Å². The van der Waals surface area contributed by atoms with Crippen LogP contribution in [0, 0.1) is 0 Å². The molecule has 0 bridgehead atoms. The molecule has 2 rings (SSSR count). The molecule has 1 fully saturated rings. The van der Waals surface area contributed by atoms with Crippen LogP contribution < -0.4 is 10.3 Å². The van der Waals surface area contributed by atoms with Gasteiger partial charge in [0.15, 0.2) is 6.04 Å². The van der Waals surface area contributed by atoms with Crippen LogP contribution in [0.25, 0.3) is 0 Å². The first kappa shape index (κ1) is 17.2. The fraction of sp³-hybridized carbons (Fsp3) is 0.250. The van der Waals surface area contributed by atoms with E-state index in [1.807, 2.05) is 0 Å². The lowest BCUT2D eigenvalue weighted by Crippen LogP contribution is -2.41. The first-order chi connectivity index (χ1) is 11.5. The fourth-order valence-corrected chi connectivity index (χ4v) is 2.37. The molecule has 1 N–H and O–H groups in total. The van der Waals surface area contributed by atoms with Gasteiger partial charge in [-0.3, -0.25) is 4.79 Å². The summed E-state index contributed by atoms with van der Waals surface area (Å²) in [5.41, 5.74) is 2.89. The lowest BCUT2D eigenvalue weighted by atomic mass is 10.1. The molecule has 0 aliphatic carbocycles. The van der Waals surface area contributed by atoms with Crippen molar-refractivity contribution in [2.75, 3.05) is 18.6 Å². The number of urea groups is 1. The molecule has 0 spiro atoms. The van der Waals surface area contributed by atoms with Crippen LogP contribution >= 0.6 is 0 Å². The summed E-state index contributed by atoms with van der Waals surface area (Å²) in [4.78, 5) is 39.0. The molecule has 8 nitrogen and oxygen atoms in total. The fourth-order valence-electron chi connectivity index (χ4n) is 2.37. The summed E-state index contributed by atoms with van der Waals surface area (Å²) in [6.07, 6.45) is 0.759. The monoisotopic (exact) mass is 330 g/mol. The van der Waals surface area contributed by atoms with Crippen molar-refractivity contribution in [3.05, 3.63) is 43.0 Å². The van der Waals surface area contributed by atoms with Gasteiger partial charge in [-0.05, 0) is 19.1 Å². The van der Waals surface area contributed by atoms with E-state index in [2.05, 4.69) is 21.8 Å². The number of nitrogens with zero attached hydrogens (tertiary/aromatic N) is 3. The SMILES string of the molecule is C=CCN1C(=O)N(c2ccccc2)C(=O)C1/C(C)=N/NC(=O)OC. The van der Waals surface area contributed by atoms with E-state index in [0.29, 0.717) is 5.69 Å². The molecule has 1 aliphatic heterocycles. The molecule has 0 radical (unpaired) electrons. The van der Waals surface area contributed by atoms with Crippen molar-refractivity contribution in [2.24, 2.45) is 5.10 Å². The Bertz CT molecular complexity index is 687. The molecule has 1 aromatic carbocycles. The van der Waals surface area contributed by atoms with E-state index in [4.69, 9.17) is 0 Å². The van der Waals surface area contributed by atoms with Gasteiger partial charge in [0.2, 0.25) is 0 Å². The van der Waals surface area contributed by atoms with Gasteiger partial charge in [0, 0.05) is 6.54 Å². The number of hydrogen-bond acceptors (Lipinski definition) is 5. The molecule has 8 heteroatoms. The van der Waals surface area contributed by atoms with Gasteiger partial charge in [-0.2, -0.15) is 5.10 Å². The molecular formula is C16H18N4O4. The number of carbonyl (C=O) groups excluding carboxylic acids is 3. The van der Waals surface area contributed by atoms with Gasteiger partial charge in [-0.25, -0.2) is 19.9 Å². The Labute approximate surface area is 139 Å². The van der Waals surface area contributed by atoms with Gasteiger partial charge < -0.3 is 9.64 Å². The summed E-state index contributed by atoms with van der Waals surface area (Å²) in [5, 5.41) is 3.84. The van der Waals surface area contributed by atoms with E-state index in [9.17, 15) is 14.4 Å². The molecule has 1 heterocycles. The van der Waals surface area contributed by atoms with Crippen molar-refractivity contribution in [3.63, 3.8) is 0 Å². The third kappa shape index (κ3) is 3.27. The number of methoxy groups -OCH3 is 1. The third-order valence-electron chi connectivity index (χ3n) is 3.45. The zero-order valence-corrected chi connectivity index (χ0v) is 13.4. The van der Waals surface area contributed by atoms with Crippen LogP contribution in [0.5, 0.6) is 0 Å². The molecule has 126 valence electrons. The predicted octanol–water partition coefficient (Wildman–Crippen LogP) is 1.74. The minimum atomic E-state index is -0.923. The molecule has 0 saturated carbocycles. The Hall–Kier alpha value is -3.16.